The molecule has 3 nitrogen and oxygen atoms in total. The largest absolute Gasteiger partial charge is 0.286 e. The molecule has 4 rings (SSSR count). The molecule has 0 aliphatic heterocycles. The quantitative estimate of drug-likeness (QED) is 0.473. The zero-order chi connectivity index (χ0) is 16.5. The molecule has 0 fully saturated rings. The number of benzene rings is 2. The molecule has 0 bridgehead atoms. The Morgan fingerprint density at radius 3 is 2.62 bits per heavy atom. The molecule has 4 heteroatoms. The standard InChI is InChI=1S/C20H15N3S/c1-21-19(16-12-11-13-7-3-5-9-15(13)23-16)18-14-8-4-6-10-17(14)24-20(18)22-2/h3-12H,2H2,1H3. The van der Waals surface area contributed by atoms with Crippen LogP contribution in [0.3, 0.4) is 0 Å². The molecule has 0 saturated carbocycles. The average Bonchev–Trinajstić information content (AvgIpc) is 3.01. The number of aliphatic imine (C=N–C) groups is 2. The van der Waals surface area contributed by atoms with Gasteiger partial charge >= 0.3 is 0 Å². The minimum atomic E-state index is 0.848. The van der Waals surface area contributed by atoms with Crippen LogP contribution in [0.5, 0.6) is 0 Å². The Balaban J connectivity index is 1.97. The zero-order valence-electron chi connectivity index (χ0n) is 13.2. The van der Waals surface area contributed by atoms with E-state index in [1.54, 1.807) is 18.4 Å². The molecule has 0 aliphatic rings. The van der Waals surface area contributed by atoms with Crippen molar-refractivity contribution in [2.75, 3.05) is 7.05 Å². The van der Waals surface area contributed by atoms with Gasteiger partial charge in [-0.1, -0.05) is 42.5 Å². The number of hydrogen-bond acceptors (Lipinski definition) is 4. The molecule has 0 N–H and O–H groups in total. The summed E-state index contributed by atoms with van der Waals surface area (Å²) in [5.74, 6) is 0. The van der Waals surface area contributed by atoms with Gasteiger partial charge in [-0.2, -0.15) is 0 Å². The van der Waals surface area contributed by atoms with Crippen LogP contribution in [0.15, 0.2) is 70.6 Å². The van der Waals surface area contributed by atoms with Crippen molar-refractivity contribution in [3.63, 3.8) is 0 Å². The van der Waals surface area contributed by atoms with Crippen molar-refractivity contribution >= 4 is 49.8 Å². The smallest absolute Gasteiger partial charge is 0.125 e. The molecule has 24 heavy (non-hydrogen) atoms. The normalized spacial score (nSPS) is 12.0. The summed E-state index contributed by atoms with van der Waals surface area (Å²) in [6, 6.07) is 20.5. The van der Waals surface area contributed by atoms with Crippen molar-refractivity contribution in [2.24, 2.45) is 9.98 Å². The zero-order valence-corrected chi connectivity index (χ0v) is 14.0. The molecule has 0 amide bonds. The number of thiophene rings is 1. The summed E-state index contributed by atoms with van der Waals surface area (Å²) in [7, 11) is 1.80. The highest BCUT2D eigenvalue weighted by molar-refractivity contribution is 7.23. The first-order valence-corrected chi connectivity index (χ1v) is 8.45. The maximum absolute atomic E-state index is 4.80. The minimum absolute atomic E-state index is 0.848. The van der Waals surface area contributed by atoms with Crippen LogP contribution in [0.1, 0.15) is 11.3 Å². The van der Waals surface area contributed by atoms with Crippen LogP contribution in [0.2, 0.25) is 0 Å². The molecule has 0 unspecified atom stereocenters. The van der Waals surface area contributed by atoms with Crippen LogP contribution in [0.4, 0.5) is 5.00 Å². The highest BCUT2D eigenvalue weighted by Crippen LogP contribution is 2.38. The van der Waals surface area contributed by atoms with Gasteiger partial charge in [0.2, 0.25) is 0 Å². The van der Waals surface area contributed by atoms with E-state index in [1.807, 2.05) is 36.4 Å². The van der Waals surface area contributed by atoms with Gasteiger partial charge in [-0.15, -0.1) is 11.3 Å². The lowest BCUT2D eigenvalue weighted by Gasteiger charge is -2.07. The molecule has 2 heterocycles. The Kier molecular flexibility index (Phi) is 3.67. The van der Waals surface area contributed by atoms with Crippen molar-refractivity contribution in [1.82, 2.24) is 4.98 Å². The maximum atomic E-state index is 4.80. The molecule has 116 valence electrons. The van der Waals surface area contributed by atoms with Gasteiger partial charge in [0.15, 0.2) is 0 Å². The molecule has 0 aliphatic carbocycles. The van der Waals surface area contributed by atoms with Crippen molar-refractivity contribution in [1.29, 1.82) is 0 Å². The van der Waals surface area contributed by atoms with E-state index in [2.05, 4.69) is 41.0 Å². The molecule has 0 atom stereocenters. The molecular formula is C20H15N3S. The fourth-order valence-electron chi connectivity index (χ4n) is 2.93. The monoisotopic (exact) mass is 329 g/mol. The number of nitrogens with zero attached hydrogens (tertiary/aromatic N) is 3. The summed E-state index contributed by atoms with van der Waals surface area (Å²) >= 11 is 1.63. The summed E-state index contributed by atoms with van der Waals surface area (Å²) in [4.78, 5) is 13.6. The highest BCUT2D eigenvalue weighted by atomic mass is 32.1. The second-order valence-electron chi connectivity index (χ2n) is 5.40. The van der Waals surface area contributed by atoms with E-state index >= 15 is 0 Å². The fraction of sp³-hybridized carbons (Fsp3) is 0.0500. The second kappa shape index (κ2) is 5.98. The maximum Gasteiger partial charge on any atom is 0.125 e. The van der Waals surface area contributed by atoms with Crippen LogP contribution in [0, 0.1) is 0 Å². The Hall–Kier alpha value is -2.85. The van der Waals surface area contributed by atoms with E-state index in [9.17, 15) is 0 Å². The lowest BCUT2D eigenvalue weighted by Crippen LogP contribution is -2.05. The number of aromatic nitrogens is 1. The van der Waals surface area contributed by atoms with Gasteiger partial charge in [0.05, 0.1) is 16.9 Å². The molecule has 0 radical (unpaired) electrons. The van der Waals surface area contributed by atoms with Crippen molar-refractivity contribution < 1.29 is 0 Å². The van der Waals surface area contributed by atoms with Gasteiger partial charge in [-0.3, -0.25) is 9.98 Å². The third-order valence-electron chi connectivity index (χ3n) is 4.02. The van der Waals surface area contributed by atoms with Crippen LogP contribution in [-0.4, -0.2) is 24.5 Å². The van der Waals surface area contributed by atoms with Gasteiger partial charge in [-0.25, -0.2) is 4.98 Å². The number of pyridine rings is 1. The van der Waals surface area contributed by atoms with Gasteiger partial charge < -0.3 is 0 Å². The topological polar surface area (TPSA) is 37.6 Å². The number of fused-ring (bicyclic) bond motifs is 2. The third kappa shape index (κ3) is 2.32. The summed E-state index contributed by atoms with van der Waals surface area (Å²) in [5, 5.41) is 3.14. The minimum Gasteiger partial charge on any atom is -0.286 e. The first kappa shape index (κ1) is 14.7. The third-order valence-corrected chi connectivity index (χ3v) is 5.12. The van der Waals surface area contributed by atoms with E-state index in [4.69, 9.17) is 4.98 Å². The van der Waals surface area contributed by atoms with Crippen LogP contribution >= 0.6 is 11.3 Å². The Morgan fingerprint density at radius 2 is 1.79 bits per heavy atom. The second-order valence-corrected chi connectivity index (χ2v) is 6.43. The molecule has 0 saturated heterocycles. The molecular weight excluding hydrogens is 314 g/mol. The predicted molar refractivity (Wildman–Crippen MR) is 104 cm³/mol. The predicted octanol–water partition coefficient (Wildman–Crippen LogP) is 5.25. The number of para-hydroxylation sites is 1. The first-order chi connectivity index (χ1) is 11.8. The van der Waals surface area contributed by atoms with Crippen molar-refractivity contribution in [3.8, 4) is 0 Å². The van der Waals surface area contributed by atoms with E-state index in [1.165, 1.54) is 4.70 Å². The van der Waals surface area contributed by atoms with Gasteiger partial charge in [-0.05, 0) is 24.9 Å². The summed E-state index contributed by atoms with van der Waals surface area (Å²) in [6.07, 6.45) is 0. The lowest BCUT2D eigenvalue weighted by molar-refractivity contribution is 1.33. The van der Waals surface area contributed by atoms with Crippen LogP contribution in [0.25, 0.3) is 21.0 Å². The average molecular weight is 329 g/mol. The number of rotatable bonds is 3. The van der Waals surface area contributed by atoms with Crippen LogP contribution in [-0.2, 0) is 0 Å². The fourth-order valence-corrected chi connectivity index (χ4v) is 3.93. The molecule has 2 aromatic heterocycles. The van der Waals surface area contributed by atoms with Gasteiger partial charge in [0.1, 0.15) is 5.00 Å². The van der Waals surface area contributed by atoms with E-state index in [0.29, 0.717) is 0 Å². The Bertz CT molecular complexity index is 1090. The summed E-state index contributed by atoms with van der Waals surface area (Å²) in [6.45, 7) is 3.73. The number of hydrogen-bond donors (Lipinski definition) is 0. The van der Waals surface area contributed by atoms with Gasteiger partial charge in [0.25, 0.3) is 0 Å². The summed E-state index contributed by atoms with van der Waals surface area (Å²) < 4.78 is 1.18. The molecule has 0 spiro atoms. The van der Waals surface area contributed by atoms with Crippen molar-refractivity contribution in [2.45, 2.75) is 0 Å². The SMILES string of the molecule is C=Nc1sc2ccccc2c1C(=NC)c1ccc2ccccc2n1. The first-order valence-electron chi connectivity index (χ1n) is 7.63. The highest BCUT2D eigenvalue weighted by Gasteiger charge is 2.18. The van der Waals surface area contributed by atoms with E-state index in [-0.39, 0.29) is 0 Å². The van der Waals surface area contributed by atoms with E-state index in [0.717, 1.165) is 38.3 Å². The van der Waals surface area contributed by atoms with Crippen molar-refractivity contribution in [3.05, 3.63) is 71.9 Å². The summed E-state index contributed by atoms with van der Waals surface area (Å²) in [5.41, 5.74) is 3.67. The molecule has 2 aromatic carbocycles. The molecule has 4 aromatic rings. The Labute approximate surface area is 144 Å². The van der Waals surface area contributed by atoms with E-state index < -0.39 is 0 Å². The van der Waals surface area contributed by atoms with Gasteiger partial charge in [0, 0.05) is 28.1 Å². The Morgan fingerprint density at radius 1 is 1.00 bits per heavy atom. The lowest BCUT2D eigenvalue weighted by atomic mass is 10.0. The van der Waals surface area contributed by atoms with Crippen LogP contribution < -0.4 is 0 Å².